The third-order valence-corrected chi connectivity index (χ3v) is 8.87. The van der Waals surface area contributed by atoms with Gasteiger partial charge in [-0.05, 0) is 54.7 Å². The number of aromatic amines is 1. The van der Waals surface area contributed by atoms with Crippen LogP contribution in [0.4, 0.5) is 5.69 Å². The van der Waals surface area contributed by atoms with Crippen molar-refractivity contribution in [3.05, 3.63) is 66.6 Å². The Bertz CT molecular complexity index is 1420. The Morgan fingerprint density at radius 2 is 2.00 bits per heavy atom. The van der Waals surface area contributed by atoms with Gasteiger partial charge in [0, 0.05) is 34.8 Å². The van der Waals surface area contributed by atoms with E-state index in [0.717, 1.165) is 40.6 Å². The normalized spacial score (nSPS) is 22.3. The summed E-state index contributed by atoms with van der Waals surface area (Å²) in [5.74, 6) is 0.0884. The number of aryl methyl sites for hydroxylation is 1. The van der Waals surface area contributed by atoms with Gasteiger partial charge in [0.25, 0.3) is 0 Å². The van der Waals surface area contributed by atoms with Gasteiger partial charge in [0.15, 0.2) is 0 Å². The molecule has 3 unspecified atom stereocenters. The van der Waals surface area contributed by atoms with Crippen LogP contribution in [-0.2, 0) is 21.2 Å². The lowest BCUT2D eigenvalue weighted by Gasteiger charge is -2.22. The maximum absolute atomic E-state index is 13.1. The van der Waals surface area contributed by atoms with Gasteiger partial charge < -0.3 is 9.72 Å². The second-order valence-electron chi connectivity index (χ2n) is 9.03. The van der Waals surface area contributed by atoms with Crippen LogP contribution in [0.15, 0.2) is 61.1 Å². The van der Waals surface area contributed by atoms with Gasteiger partial charge in [0.05, 0.1) is 35.5 Å². The van der Waals surface area contributed by atoms with Gasteiger partial charge in [-0.3, -0.25) is 4.72 Å². The van der Waals surface area contributed by atoms with E-state index in [-0.39, 0.29) is 17.3 Å². The molecule has 0 amide bonds. The zero-order valence-corrected chi connectivity index (χ0v) is 19.2. The van der Waals surface area contributed by atoms with Crippen molar-refractivity contribution in [2.24, 2.45) is 5.92 Å². The summed E-state index contributed by atoms with van der Waals surface area (Å²) in [6.07, 6.45) is 8.06. The van der Waals surface area contributed by atoms with Crippen LogP contribution < -0.4 is 4.72 Å². The molecule has 1 saturated carbocycles. The number of fused-ring (bicyclic) bond motifs is 3. The highest BCUT2D eigenvalue weighted by Gasteiger charge is 2.47. The third kappa shape index (κ3) is 3.63. The predicted molar refractivity (Wildman–Crippen MR) is 129 cm³/mol. The van der Waals surface area contributed by atoms with E-state index in [4.69, 9.17) is 4.74 Å². The Morgan fingerprint density at radius 3 is 2.73 bits per heavy atom. The molecule has 3 atom stereocenters. The van der Waals surface area contributed by atoms with Crippen molar-refractivity contribution in [3.63, 3.8) is 0 Å². The molecule has 2 aromatic carbocycles. The molecular formula is C25H26N4O3S. The first kappa shape index (κ1) is 20.5. The number of benzene rings is 2. The molecule has 6 rings (SSSR count). The first-order chi connectivity index (χ1) is 16.0. The van der Waals surface area contributed by atoms with E-state index >= 15 is 0 Å². The van der Waals surface area contributed by atoms with Crippen LogP contribution in [0, 0.1) is 5.92 Å². The first-order valence-electron chi connectivity index (χ1n) is 11.4. The summed E-state index contributed by atoms with van der Waals surface area (Å²) in [5.41, 5.74) is 5.71. The van der Waals surface area contributed by atoms with Gasteiger partial charge in [0.1, 0.15) is 0 Å². The molecule has 1 saturated heterocycles. The van der Waals surface area contributed by atoms with Crippen molar-refractivity contribution in [3.8, 4) is 16.8 Å². The van der Waals surface area contributed by atoms with Crippen LogP contribution in [-0.4, -0.2) is 41.1 Å². The molecule has 7 nitrogen and oxygen atoms in total. The third-order valence-electron chi connectivity index (χ3n) is 6.99. The van der Waals surface area contributed by atoms with E-state index in [0.29, 0.717) is 18.7 Å². The molecule has 170 valence electrons. The van der Waals surface area contributed by atoms with Crippen LogP contribution in [0.3, 0.4) is 0 Å². The topological polar surface area (TPSA) is 89.0 Å². The summed E-state index contributed by atoms with van der Waals surface area (Å²) in [7, 11) is -3.49. The lowest BCUT2D eigenvalue weighted by molar-refractivity contribution is 0.0788. The number of rotatable bonds is 6. The smallest absolute Gasteiger partial charge is 0.236 e. The molecule has 33 heavy (non-hydrogen) atoms. The van der Waals surface area contributed by atoms with Crippen molar-refractivity contribution in [2.45, 2.75) is 37.5 Å². The Morgan fingerprint density at radius 1 is 1.15 bits per heavy atom. The van der Waals surface area contributed by atoms with Gasteiger partial charge in [0.2, 0.25) is 10.0 Å². The molecule has 3 heterocycles. The summed E-state index contributed by atoms with van der Waals surface area (Å²) < 4.78 is 36.5. The monoisotopic (exact) mass is 462 g/mol. The van der Waals surface area contributed by atoms with Crippen LogP contribution >= 0.6 is 0 Å². The fourth-order valence-corrected chi connectivity index (χ4v) is 6.89. The lowest BCUT2D eigenvalue weighted by Crippen LogP contribution is -2.35. The Balaban J connectivity index is 1.29. The molecule has 2 fully saturated rings. The quantitative estimate of drug-likeness (QED) is 0.441. The maximum atomic E-state index is 13.1. The zero-order chi connectivity index (χ0) is 22.6. The molecule has 2 aromatic heterocycles. The highest BCUT2D eigenvalue weighted by atomic mass is 32.2. The maximum Gasteiger partial charge on any atom is 0.236 e. The van der Waals surface area contributed by atoms with Crippen molar-refractivity contribution in [2.75, 3.05) is 11.3 Å². The van der Waals surface area contributed by atoms with Gasteiger partial charge in [-0.15, -0.1) is 0 Å². The van der Waals surface area contributed by atoms with Gasteiger partial charge in [-0.25, -0.2) is 13.1 Å². The summed E-state index contributed by atoms with van der Waals surface area (Å²) >= 11 is 0. The molecular weight excluding hydrogens is 436 g/mol. The number of aromatic nitrogens is 3. The van der Waals surface area contributed by atoms with E-state index in [1.54, 1.807) is 6.20 Å². The van der Waals surface area contributed by atoms with E-state index in [2.05, 4.69) is 46.0 Å². The summed E-state index contributed by atoms with van der Waals surface area (Å²) in [5, 5.41) is 4.98. The molecule has 1 aliphatic heterocycles. The minimum absolute atomic E-state index is 0.0841. The summed E-state index contributed by atoms with van der Waals surface area (Å²) in [4.78, 5) is 3.18. The number of anilines is 1. The highest BCUT2D eigenvalue weighted by Crippen LogP contribution is 2.40. The Kier molecular flexibility index (Phi) is 4.81. The summed E-state index contributed by atoms with van der Waals surface area (Å²) in [6.45, 7) is 2.68. The van der Waals surface area contributed by atoms with Crippen LogP contribution in [0.1, 0.15) is 25.3 Å². The minimum Gasteiger partial charge on any atom is -0.378 e. The highest BCUT2D eigenvalue weighted by molar-refractivity contribution is 7.93. The van der Waals surface area contributed by atoms with E-state index in [1.807, 2.05) is 35.3 Å². The van der Waals surface area contributed by atoms with E-state index < -0.39 is 10.0 Å². The Hall–Kier alpha value is -3.10. The van der Waals surface area contributed by atoms with Crippen LogP contribution in [0.25, 0.3) is 27.7 Å². The number of nitrogens with one attached hydrogen (secondary N) is 2. The molecule has 1 aliphatic carbocycles. The molecule has 8 heteroatoms. The number of sulfonamides is 1. The molecule has 2 N–H and O–H groups in total. The van der Waals surface area contributed by atoms with Gasteiger partial charge in [-0.1, -0.05) is 25.1 Å². The first-order valence-corrected chi connectivity index (χ1v) is 12.9. The van der Waals surface area contributed by atoms with E-state index in [1.165, 1.54) is 5.56 Å². The molecule has 0 spiro atoms. The van der Waals surface area contributed by atoms with Crippen molar-refractivity contribution in [1.29, 1.82) is 0 Å². The number of ether oxygens (including phenoxy) is 1. The van der Waals surface area contributed by atoms with E-state index in [9.17, 15) is 8.42 Å². The SMILES string of the molecule is CCc1ccc(-n2cc(-c3ccc4[nH]cc(NS(=O)(=O)C5CC6CC5CO6)c4c3)cn2)cc1. The molecule has 2 aliphatic rings. The number of nitrogens with zero attached hydrogens (tertiary/aromatic N) is 2. The zero-order valence-electron chi connectivity index (χ0n) is 18.4. The fraction of sp³-hybridized carbons (Fsp3) is 0.320. The standard InChI is InChI=1S/C25H26N4O3S/c1-2-16-3-6-20(7-4-16)29-14-19(12-27-29)17-5-8-23-22(10-17)24(13-26-23)28-33(30,31)25-11-21-9-18(25)15-32-21/h3-8,10,12-14,18,21,25-26,28H,2,9,11,15H2,1H3. The number of hydrogen-bond acceptors (Lipinski definition) is 4. The van der Waals surface area contributed by atoms with Crippen LogP contribution in [0.2, 0.25) is 0 Å². The predicted octanol–water partition coefficient (Wildman–Crippen LogP) is 4.50. The average molecular weight is 463 g/mol. The molecule has 4 aromatic rings. The Labute approximate surface area is 192 Å². The summed E-state index contributed by atoms with van der Waals surface area (Å²) in [6, 6.07) is 14.4. The number of H-pyrrole nitrogens is 1. The molecule has 2 bridgehead atoms. The minimum atomic E-state index is -3.49. The molecule has 0 radical (unpaired) electrons. The number of hydrogen-bond donors (Lipinski definition) is 2. The second kappa shape index (κ2) is 7.74. The van der Waals surface area contributed by atoms with Crippen molar-refractivity contribution >= 4 is 26.6 Å². The largest absolute Gasteiger partial charge is 0.378 e. The average Bonchev–Trinajstić information content (AvgIpc) is 3.63. The second-order valence-corrected chi connectivity index (χ2v) is 10.9. The van der Waals surface area contributed by atoms with Crippen LogP contribution in [0.5, 0.6) is 0 Å². The van der Waals surface area contributed by atoms with Crippen molar-refractivity contribution in [1.82, 2.24) is 14.8 Å². The van der Waals surface area contributed by atoms with Crippen molar-refractivity contribution < 1.29 is 13.2 Å². The lowest BCUT2D eigenvalue weighted by atomic mass is 10.1. The van der Waals surface area contributed by atoms with Gasteiger partial charge in [-0.2, -0.15) is 5.10 Å². The van der Waals surface area contributed by atoms with Gasteiger partial charge >= 0.3 is 0 Å². The fourth-order valence-electron chi connectivity index (χ4n) is 5.10.